The molecule has 0 amide bonds. The molecule has 2 nitrogen and oxygen atoms in total. The van der Waals surface area contributed by atoms with Crippen LogP contribution in [-0.2, 0) is 5.67 Å². The third kappa shape index (κ3) is 1.98. The summed E-state index contributed by atoms with van der Waals surface area (Å²) in [4.78, 5) is 0. The van der Waals surface area contributed by atoms with Crippen LogP contribution in [0, 0.1) is 0 Å². The molecule has 0 saturated heterocycles. The lowest BCUT2D eigenvalue weighted by Gasteiger charge is -2.28. The molecule has 0 heterocycles. The van der Waals surface area contributed by atoms with Crippen LogP contribution in [0.4, 0.5) is 32.0 Å². The lowest BCUT2D eigenvalue weighted by Crippen LogP contribution is -2.44. The third-order valence-corrected chi connectivity index (χ3v) is 2.17. The number of halogens is 6. The largest absolute Gasteiger partial charge is 0.505 e. The molecule has 0 spiro atoms. The highest BCUT2D eigenvalue weighted by atomic mass is 19.4. The van der Waals surface area contributed by atoms with Gasteiger partial charge in [-0.2, -0.15) is 13.2 Å². The van der Waals surface area contributed by atoms with Crippen molar-refractivity contribution in [1.82, 2.24) is 0 Å². The molecule has 1 rings (SSSR count). The summed E-state index contributed by atoms with van der Waals surface area (Å²) >= 11 is 0. The maximum Gasteiger partial charge on any atom is 0.432 e. The molecule has 0 aromatic heterocycles. The van der Waals surface area contributed by atoms with Crippen molar-refractivity contribution in [2.75, 3.05) is 5.73 Å². The summed E-state index contributed by atoms with van der Waals surface area (Å²) in [7, 11) is 0. The van der Waals surface area contributed by atoms with Crippen LogP contribution in [0.3, 0.4) is 0 Å². The topological polar surface area (TPSA) is 46.2 Å². The van der Waals surface area contributed by atoms with E-state index in [2.05, 4.69) is 0 Å². The Labute approximate surface area is 91.7 Å². The number of hydrogen-bond acceptors (Lipinski definition) is 2. The highest BCUT2D eigenvalue weighted by molar-refractivity contribution is 5.58. The maximum absolute atomic E-state index is 13.5. The highest BCUT2D eigenvalue weighted by Crippen LogP contribution is 2.50. The van der Waals surface area contributed by atoms with Gasteiger partial charge in [-0.15, -0.1) is 0 Å². The number of phenols is 1. The van der Waals surface area contributed by atoms with Crippen molar-refractivity contribution in [3.63, 3.8) is 0 Å². The summed E-state index contributed by atoms with van der Waals surface area (Å²) in [6, 6.07) is 2.21. The van der Waals surface area contributed by atoms with Crippen LogP contribution in [0.25, 0.3) is 0 Å². The summed E-state index contributed by atoms with van der Waals surface area (Å²) in [5.74, 6) is -1.34. The number of rotatable bonds is 2. The Hall–Kier alpha value is -1.60. The summed E-state index contributed by atoms with van der Waals surface area (Å²) < 4.78 is 75.2. The zero-order valence-corrected chi connectivity index (χ0v) is 8.10. The second-order valence-electron chi connectivity index (χ2n) is 3.25. The Morgan fingerprint density at radius 2 is 1.65 bits per heavy atom. The molecule has 0 aliphatic rings. The SMILES string of the molecule is Nc1cccc(C(F)(C(F)F)C(F)(F)F)c1O. The van der Waals surface area contributed by atoms with E-state index >= 15 is 0 Å². The molecule has 8 heteroatoms. The van der Waals surface area contributed by atoms with E-state index in [9.17, 15) is 26.3 Å². The van der Waals surface area contributed by atoms with Gasteiger partial charge in [0.1, 0.15) is 5.75 Å². The van der Waals surface area contributed by atoms with Gasteiger partial charge in [0, 0.05) is 5.56 Å². The van der Waals surface area contributed by atoms with Gasteiger partial charge < -0.3 is 10.8 Å². The third-order valence-electron chi connectivity index (χ3n) is 2.17. The Bertz CT molecular complexity index is 418. The molecular formula is C9H7F6NO. The van der Waals surface area contributed by atoms with E-state index in [-0.39, 0.29) is 0 Å². The van der Waals surface area contributed by atoms with Crippen molar-refractivity contribution < 1.29 is 31.4 Å². The summed E-state index contributed by atoms with van der Waals surface area (Å²) in [6.45, 7) is 0. The first-order chi connectivity index (χ1) is 7.62. The number of nitrogens with two attached hydrogens (primary N) is 1. The minimum absolute atomic E-state index is 0.408. The Morgan fingerprint density at radius 1 is 1.12 bits per heavy atom. The Balaban J connectivity index is 3.50. The molecule has 1 aromatic carbocycles. The van der Waals surface area contributed by atoms with Crippen molar-refractivity contribution in [2.45, 2.75) is 18.3 Å². The molecule has 3 N–H and O–H groups in total. The minimum atomic E-state index is -5.87. The van der Waals surface area contributed by atoms with Crippen LogP contribution < -0.4 is 5.73 Å². The van der Waals surface area contributed by atoms with Crippen molar-refractivity contribution >= 4 is 5.69 Å². The number of benzene rings is 1. The van der Waals surface area contributed by atoms with Gasteiger partial charge in [0.25, 0.3) is 12.1 Å². The number of para-hydroxylation sites is 1. The highest BCUT2D eigenvalue weighted by Gasteiger charge is 2.65. The predicted molar refractivity (Wildman–Crippen MR) is 47.4 cm³/mol. The van der Waals surface area contributed by atoms with Crippen molar-refractivity contribution in [2.24, 2.45) is 0 Å². The van der Waals surface area contributed by atoms with Crippen LogP contribution in [0.2, 0.25) is 0 Å². The predicted octanol–water partition coefficient (Wildman–Crippen LogP) is 2.97. The fourth-order valence-corrected chi connectivity index (χ4v) is 1.25. The van der Waals surface area contributed by atoms with E-state index in [0.29, 0.717) is 6.07 Å². The van der Waals surface area contributed by atoms with E-state index in [4.69, 9.17) is 10.8 Å². The van der Waals surface area contributed by atoms with Crippen LogP contribution in [0.15, 0.2) is 18.2 Å². The smallest absolute Gasteiger partial charge is 0.432 e. The molecule has 96 valence electrons. The number of aromatic hydroxyl groups is 1. The Morgan fingerprint density at radius 3 is 2.06 bits per heavy atom. The lowest BCUT2D eigenvalue weighted by molar-refractivity contribution is -0.274. The number of alkyl halides is 6. The summed E-state index contributed by atoms with van der Waals surface area (Å²) in [5, 5.41) is 9.15. The van der Waals surface area contributed by atoms with E-state index in [1.807, 2.05) is 0 Å². The monoisotopic (exact) mass is 259 g/mol. The molecule has 0 aliphatic heterocycles. The molecule has 1 aromatic rings. The molecule has 1 unspecified atom stereocenters. The second kappa shape index (κ2) is 4.01. The molecule has 17 heavy (non-hydrogen) atoms. The second-order valence-corrected chi connectivity index (χ2v) is 3.25. The quantitative estimate of drug-likeness (QED) is 0.487. The van der Waals surface area contributed by atoms with Gasteiger partial charge in [0.05, 0.1) is 5.69 Å². The van der Waals surface area contributed by atoms with Gasteiger partial charge in [-0.1, -0.05) is 12.1 Å². The van der Waals surface area contributed by atoms with Gasteiger partial charge in [0.2, 0.25) is 0 Å². The lowest BCUT2D eigenvalue weighted by atomic mass is 9.94. The first kappa shape index (κ1) is 13.5. The van der Waals surface area contributed by atoms with Crippen molar-refractivity contribution in [3.8, 4) is 5.75 Å². The van der Waals surface area contributed by atoms with Crippen molar-refractivity contribution in [1.29, 1.82) is 0 Å². The molecule has 0 radical (unpaired) electrons. The van der Waals surface area contributed by atoms with Gasteiger partial charge in [-0.3, -0.25) is 0 Å². The van der Waals surface area contributed by atoms with E-state index < -0.39 is 35.3 Å². The van der Waals surface area contributed by atoms with Crippen LogP contribution in [0.1, 0.15) is 5.56 Å². The molecule has 0 saturated carbocycles. The van der Waals surface area contributed by atoms with Gasteiger partial charge in [-0.25, -0.2) is 13.2 Å². The van der Waals surface area contributed by atoms with E-state index in [1.54, 1.807) is 0 Å². The van der Waals surface area contributed by atoms with Crippen molar-refractivity contribution in [3.05, 3.63) is 23.8 Å². The molecule has 0 aliphatic carbocycles. The van der Waals surface area contributed by atoms with Crippen LogP contribution in [-0.4, -0.2) is 17.7 Å². The summed E-state index contributed by atoms with van der Waals surface area (Å²) in [5.41, 5.74) is -2.13. The van der Waals surface area contributed by atoms with E-state index in [1.165, 1.54) is 0 Å². The minimum Gasteiger partial charge on any atom is -0.505 e. The fourth-order valence-electron chi connectivity index (χ4n) is 1.25. The average molecular weight is 259 g/mol. The van der Waals surface area contributed by atoms with E-state index in [0.717, 1.165) is 12.1 Å². The number of phenolic OH excluding ortho intramolecular Hbond substituents is 1. The fraction of sp³-hybridized carbons (Fsp3) is 0.333. The number of anilines is 1. The normalized spacial score (nSPS) is 15.9. The summed E-state index contributed by atoms with van der Waals surface area (Å²) in [6.07, 6.45) is -10.2. The molecule has 0 fully saturated rings. The standard InChI is InChI=1S/C9H7F6NO/c10-7(11)8(12,9(13,14)15)4-2-1-3-5(16)6(4)17/h1-3,7,17H,16H2. The molecule has 1 atom stereocenters. The van der Waals surface area contributed by atoms with Crippen LogP contribution in [0.5, 0.6) is 5.75 Å². The number of nitrogen functional groups attached to an aromatic ring is 1. The first-order valence-corrected chi connectivity index (χ1v) is 4.24. The zero-order valence-electron chi connectivity index (χ0n) is 8.10. The average Bonchev–Trinajstić information content (AvgIpc) is 2.19. The Kier molecular flexibility index (Phi) is 3.17. The molecular weight excluding hydrogens is 252 g/mol. The van der Waals surface area contributed by atoms with Crippen LogP contribution >= 0.6 is 0 Å². The van der Waals surface area contributed by atoms with Gasteiger partial charge in [0.15, 0.2) is 0 Å². The van der Waals surface area contributed by atoms with Gasteiger partial charge in [-0.05, 0) is 6.07 Å². The first-order valence-electron chi connectivity index (χ1n) is 4.24. The molecule has 0 bridgehead atoms. The zero-order chi connectivity index (χ0) is 13.4. The van der Waals surface area contributed by atoms with Gasteiger partial charge >= 0.3 is 6.18 Å². The number of hydrogen-bond donors (Lipinski definition) is 2. The maximum atomic E-state index is 13.5.